The number of rotatable bonds is 6. The molecule has 0 aliphatic rings. The molecule has 3 rings (SSSR count). The van der Waals surface area contributed by atoms with Crippen LogP contribution in [0, 0.1) is 6.92 Å². The van der Waals surface area contributed by atoms with Crippen LogP contribution in [0.5, 0.6) is 0 Å². The molecule has 1 atom stereocenters. The molecular weight excluding hydrogens is 342 g/mol. The molecular formula is C17H17N3O2S2. The molecule has 0 saturated heterocycles. The quantitative estimate of drug-likeness (QED) is 0.676. The number of amides is 1. The van der Waals surface area contributed by atoms with Gasteiger partial charge in [0.2, 0.25) is 11.8 Å². The van der Waals surface area contributed by atoms with Crippen LogP contribution < -0.4 is 5.32 Å². The summed E-state index contributed by atoms with van der Waals surface area (Å²) in [6.45, 7) is 4.39. The first-order valence-corrected chi connectivity index (χ1v) is 9.25. The van der Waals surface area contributed by atoms with Crippen LogP contribution in [0.3, 0.4) is 0 Å². The van der Waals surface area contributed by atoms with Gasteiger partial charge in [0.25, 0.3) is 5.22 Å². The summed E-state index contributed by atoms with van der Waals surface area (Å²) in [5, 5.41) is 13.0. The molecule has 7 heteroatoms. The smallest absolute Gasteiger partial charge is 0.277 e. The minimum atomic E-state index is -0.309. The van der Waals surface area contributed by atoms with Crippen molar-refractivity contribution in [2.24, 2.45) is 0 Å². The zero-order chi connectivity index (χ0) is 16.9. The van der Waals surface area contributed by atoms with Gasteiger partial charge in [-0.1, -0.05) is 35.5 Å². The van der Waals surface area contributed by atoms with E-state index in [0.29, 0.717) is 17.7 Å². The minimum absolute atomic E-state index is 0.0523. The highest BCUT2D eigenvalue weighted by Crippen LogP contribution is 2.26. The lowest BCUT2D eigenvalue weighted by Gasteiger charge is -2.08. The Balaban J connectivity index is 1.57. The fourth-order valence-electron chi connectivity index (χ4n) is 2.01. The first kappa shape index (κ1) is 16.7. The highest BCUT2D eigenvalue weighted by molar-refractivity contribution is 8.00. The number of thioether (sulfide) groups is 1. The molecule has 0 radical (unpaired) electrons. The van der Waals surface area contributed by atoms with E-state index in [1.165, 1.54) is 17.3 Å². The van der Waals surface area contributed by atoms with Crippen LogP contribution in [0.1, 0.15) is 17.4 Å². The normalized spacial score (nSPS) is 12.1. The summed E-state index contributed by atoms with van der Waals surface area (Å²) >= 11 is 2.88. The van der Waals surface area contributed by atoms with Gasteiger partial charge in [0, 0.05) is 10.4 Å². The molecule has 1 amide bonds. The third-order valence-electron chi connectivity index (χ3n) is 3.37. The molecule has 0 spiro atoms. The maximum atomic E-state index is 12.1. The van der Waals surface area contributed by atoms with Gasteiger partial charge < -0.3 is 9.73 Å². The van der Waals surface area contributed by atoms with Crippen molar-refractivity contribution in [1.29, 1.82) is 0 Å². The number of benzene rings is 1. The molecule has 124 valence electrons. The third kappa shape index (κ3) is 4.24. The monoisotopic (exact) mass is 359 g/mol. The van der Waals surface area contributed by atoms with Crippen LogP contribution in [0.2, 0.25) is 0 Å². The highest BCUT2D eigenvalue weighted by atomic mass is 32.2. The molecule has 1 aromatic carbocycles. The minimum Gasteiger partial charge on any atom is -0.411 e. The Bertz CT molecular complexity index is 798. The van der Waals surface area contributed by atoms with Gasteiger partial charge in [-0.05, 0) is 37.4 Å². The topological polar surface area (TPSA) is 68.0 Å². The molecule has 0 saturated carbocycles. The van der Waals surface area contributed by atoms with Gasteiger partial charge in [-0.25, -0.2) is 0 Å². The molecule has 0 unspecified atom stereocenters. The number of carbonyl (C=O) groups excluding carboxylic acids is 1. The molecule has 24 heavy (non-hydrogen) atoms. The van der Waals surface area contributed by atoms with Crippen molar-refractivity contribution in [2.45, 2.75) is 30.9 Å². The number of nitrogens with one attached hydrogen (secondary N) is 1. The van der Waals surface area contributed by atoms with Crippen molar-refractivity contribution in [3.05, 3.63) is 52.2 Å². The lowest BCUT2D eigenvalue weighted by atomic mass is 10.1. The zero-order valence-corrected chi connectivity index (χ0v) is 15.0. The predicted molar refractivity (Wildman–Crippen MR) is 96.0 cm³/mol. The standard InChI is InChI=1S/C17H17N3O2S2/c1-11-5-7-13(8-6-11)16-19-20-17(22-16)24-12(2)15(21)18-10-14-4-3-9-23-14/h3-9,12H,10H2,1-2H3,(H,18,21)/t12-/m0/s1. The Morgan fingerprint density at radius 1 is 1.29 bits per heavy atom. The fourth-order valence-corrected chi connectivity index (χ4v) is 3.36. The third-order valence-corrected chi connectivity index (χ3v) is 5.18. The molecule has 2 heterocycles. The number of hydrogen-bond donors (Lipinski definition) is 1. The molecule has 5 nitrogen and oxygen atoms in total. The van der Waals surface area contributed by atoms with Crippen molar-refractivity contribution >= 4 is 29.0 Å². The van der Waals surface area contributed by atoms with Crippen molar-refractivity contribution in [2.75, 3.05) is 0 Å². The number of carbonyl (C=O) groups is 1. The summed E-state index contributed by atoms with van der Waals surface area (Å²) in [6.07, 6.45) is 0. The van der Waals surface area contributed by atoms with Crippen LogP contribution in [0.25, 0.3) is 11.5 Å². The van der Waals surface area contributed by atoms with E-state index in [2.05, 4.69) is 15.5 Å². The fraction of sp³-hybridized carbons (Fsp3) is 0.235. The average molecular weight is 359 g/mol. The van der Waals surface area contributed by atoms with Crippen LogP contribution in [0.4, 0.5) is 0 Å². The van der Waals surface area contributed by atoms with E-state index in [1.807, 2.05) is 55.6 Å². The molecule has 0 bridgehead atoms. The van der Waals surface area contributed by atoms with Crippen molar-refractivity contribution < 1.29 is 9.21 Å². The molecule has 2 aromatic heterocycles. The van der Waals surface area contributed by atoms with E-state index in [4.69, 9.17) is 4.42 Å². The Hall–Kier alpha value is -2.12. The van der Waals surface area contributed by atoms with E-state index >= 15 is 0 Å². The Kier molecular flexibility index (Phi) is 5.32. The maximum Gasteiger partial charge on any atom is 0.277 e. The molecule has 0 aliphatic heterocycles. The van der Waals surface area contributed by atoms with Gasteiger partial charge in [0.15, 0.2) is 0 Å². The molecule has 1 N–H and O–H groups in total. The van der Waals surface area contributed by atoms with Gasteiger partial charge in [0.05, 0.1) is 11.8 Å². The number of aryl methyl sites for hydroxylation is 1. The van der Waals surface area contributed by atoms with Crippen molar-refractivity contribution in [3.63, 3.8) is 0 Å². The Labute approximate surface area is 148 Å². The first-order valence-electron chi connectivity index (χ1n) is 7.49. The van der Waals surface area contributed by atoms with E-state index in [1.54, 1.807) is 11.3 Å². The second-order valence-corrected chi connectivity index (χ2v) is 7.62. The molecule has 3 aromatic rings. The van der Waals surface area contributed by atoms with E-state index in [0.717, 1.165) is 10.4 Å². The summed E-state index contributed by atoms with van der Waals surface area (Å²) in [5.74, 6) is 0.409. The lowest BCUT2D eigenvalue weighted by molar-refractivity contribution is -0.120. The first-order chi connectivity index (χ1) is 11.6. The zero-order valence-electron chi connectivity index (χ0n) is 13.4. The Morgan fingerprint density at radius 2 is 2.08 bits per heavy atom. The van der Waals surface area contributed by atoms with Gasteiger partial charge in [0.1, 0.15) is 0 Å². The predicted octanol–water partition coefficient (Wildman–Crippen LogP) is 3.90. The highest BCUT2D eigenvalue weighted by Gasteiger charge is 2.18. The van der Waals surface area contributed by atoms with Gasteiger partial charge >= 0.3 is 0 Å². The summed E-state index contributed by atoms with van der Waals surface area (Å²) < 4.78 is 5.64. The summed E-state index contributed by atoms with van der Waals surface area (Å²) in [7, 11) is 0. The van der Waals surface area contributed by atoms with Gasteiger partial charge in [-0.3, -0.25) is 4.79 Å². The number of hydrogen-bond acceptors (Lipinski definition) is 6. The maximum absolute atomic E-state index is 12.1. The van der Waals surface area contributed by atoms with Crippen LogP contribution >= 0.6 is 23.1 Å². The Morgan fingerprint density at radius 3 is 2.79 bits per heavy atom. The van der Waals surface area contributed by atoms with Crippen molar-refractivity contribution in [3.8, 4) is 11.5 Å². The lowest BCUT2D eigenvalue weighted by Crippen LogP contribution is -2.30. The molecule has 0 aliphatic carbocycles. The number of aromatic nitrogens is 2. The number of nitrogens with zero attached hydrogens (tertiary/aromatic N) is 2. The average Bonchev–Trinajstić information content (AvgIpc) is 3.25. The van der Waals surface area contributed by atoms with Crippen molar-refractivity contribution in [1.82, 2.24) is 15.5 Å². The van der Waals surface area contributed by atoms with Crippen LogP contribution in [-0.4, -0.2) is 21.4 Å². The van der Waals surface area contributed by atoms with Gasteiger partial charge in [-0.2, -0.15) is 0 Å². The summed E-state index contributed by atoms with van der Waals surface area (Å²) in [6, 6.07) is 11.8. The second-order valence-electron chi connectivity index (χ2n) is 5.30. The van der Waals surface area contributed by atoms with E-state index < -0.39 is 0 Å². The largest absolute Gasteiger partial charge is 0.411 e. The SMILES string of the molecule is Cc1ccc(-c2nnc(S[C@@H](C)C(=O)NCc3cccs3)o2)cc1. The van der Waals surface area contributed by atoms with Crippen LogP contribution in [-0.2, 0) is 11.3 Å². The summed E-state index contributed by atoms with van der Waals surface area (Å²) in [5.41, 5.74) is 2.04. The summed E-state index contributed by atoms with van der Waals surface area (Å²) in [4.78, 5) is 13.3. The number of thiophene rings is 1. The van der Waals surface area contributed by atoms with Crippen LogP contribution in [0.15, 0.2) is 51.4 Å². The van der Waals surface area contributed by atoms with E-state index in [-0.39, 0.29) is 11.2 Å². The van der Waals surface area contributed by atoms with Gasteiger partial charge in [-0.15, -0.1) is 21.5 Å². The molecule has 0 fully saturated rings. The second kappa shape index (κ2) is 7.63. The van der Waals surface area contributed by atoms with E-state index in [9.17, 15) is 4.79 Å².